The Hall–Kier alpha value is -2.05. The summed E-state index contributed by atoms with van der Waals surface area (Å²) in [6.07, 6.45) is 5.44. The van der Waals surface area contributed by atoms with Crippen LogP contribution in [0.5, 0.6) is 0 Å². The molecule has 2 aromatic rings. The van der Waals surface area contributed by atoms with Gasteiger partial charge in [-0.15, -0.1) is 0 Å². The third-order valence-electron chi connectivity index (χ3n) is 5.75. The number of nitrogens with zero attached hydrogens (tertiary/aromatic N) is 1. The van der Waals surface area contributed by atoms with E-state index in [2.05, 4.69) is 59.4 Å². The smallest absolute Gasteiger partial charge is 0.323 e. The summed E-state index contributed by atoms with van der Waals surface area (Å²) in [5, 5.41) is 2.91. The molecule has 1 fully saturated rings. The van der Waals surface area contributed by atoms with Crippen molar-refractivity contribution < 1.29 is 9.59 Å². The van der Waals surface area contributed by atoms with Crippen molar-refractivity contribution in [1.82, 2.24) is 5.32 Å². The molecule has 0 aromatic heterocycles. The van der Waals surface area contributed by atoms with Crippen molar-refractivity contribution in [3.8, 4) is 0 Å². The zero-order valence-corrected chi connectivity index (χ0v) is 21.6. The van der Waals surface area contributed by atoms with E-state index in [9.17, 15) is 9.59 Å². The Morgan fingerprint density at radius 3 is 2.34 bits per heavy atom. The maximum atomic E-state index is 12.7. The maximum Gasteiger partial charge on any atom is 0.329 e. The van der Waals surface area contributed by atoms with Crippen LogP contribution in [-0.2, 0) is 4.79 Å². The zero-order chi connectivity index (χ0) is 23.3. The van der Waals surface area contributed by atoms with E-state index in [-0.39, 0.29) is 11.9 Å². The Bertz CT molecular complexity index is 1000. The van der Waals surface area contributed by atoms with Gasteiger partial charge in [0.2, 0.25) is 0 Å². The van der Waals surface area contributed by atoms with Crippen LogP contribution in [0.2, 0.25) is 0 Å². The minimum Gasteiger partial charge on any atom is -0.323 e. The number of fused-ring (bicyclic) bond motifs is 1. The Kier molecular flexibility index (Phi) is 8.23. The summed E-state index contributed by atoms with van der Waals surface area (Å²) in [5.41, 5.74) is 1.37. The summed E-state index contributed by atoms with van der Waals surface area (Å²) in [6.45, 7) is 8.48. The predicted octanol–water partition coefficient (Wildman–Crippen LogP) is 7.64. The molecule has 1 unspecified atom stereocenters. The molecule has 0 aliphatic carbocycles. The van der Waals surface area contributed by atoms with E-state index in [1.165, 1.54) is 24.7 Å². The molecule has 0 saturated carbocycles. The molecular formula is C26H31BrN2O2S. The molecule has 1 saturated heterocycles. The number of para-hydroxylation sites is 1. The fourth-order valence-electron chi connectivity index (χ4n) is 4.37. The number of urea groups is 1. The van der Waals surface area contributed by atoms with Crippen molar-refractivity contribution in [2.45, 2.75) is 69.7 Å². The predicted molar refractivity (Wildman–Crippen MR) is 137 cm³/mol. The summed E-state index contributed by atoms with van der Waals surface area (Å²) >= 11 is 5.36. The van der Waals surface area contributed by atoms with Gasteiger partial charge in [-0.1, -0.05) is 91.6 Å². The average molecular weight is 516 g/mol. The molecule has 3 amide bonds. The molecule has 4 nitrogen and oxygen atoms in total. The fourth-order valence-corrected chi connectivity index (χ4v) is 6.06. The van der Waals surface area contributed by atoms with E-state index in [1.807, 2.05) is 43.8 Å². The van der Waals surface area contributed by atoms with Gasteiger partial charge in [0.25, 0.3) is 5.91 Å². The van der Waals surface area contributed by atoms with Gasteiger partial charge in [0.05, 0.1) is 5.69 Å². The van der Waals surface area contributed by atoms with Crippen molar-refractivity contribution in [3.05, 3.63) is 69.5 Å². The second kappa shape index (κ2) is 10.7. The lowest BCUT2D eigenvalue weighted by Crippen LogP contribution is -2.46. The van der Waals surface area contributed by atoms with Crippen LogP contribution < -0.4 is 10.2 Å². The second-order valence-corrected chi connectivity index (χ2v) is 10.5. The quantitative estimate of drug-likeness (QED) is 0.416. The number of anilines is 1. The Balaban J connectivity index is 0.000000193. The van der Waals surface area contributed by atoms with Gasteiger partial charge >= 0.3 is 6.03 Å². The maximum absolute atomic E-state index is 12.7. The molecule has 6 heteroatoms. The van der Waals surface area contributed by atoms with E-state index in [1.54, 1.807) is 12.1 Å². The summed E-state index contributed by atoms with van der Waals surface area (Å²) < 4.78 is 1.17. The molecule has 2 heterocycles. The number of amides is 3. The lowest BCUT2D eigenvalue weighted by atomic mass is 9.88. The van der Waals surface area contributed by atoms with Crippen LogP contribution in [0.4, 0.5) is 10.5 Å². The first-order valence-corrected chi connectivity index (χ1v) is 12.8. The number of carbonyl (C=O) groups excluding carboxylic acids is 2. The van der Waals surface area contributed by atoms with Crippen molar-refractivity contribution in [1.29, 1.82) is 0 Å². The molecule has 4 rings (SSSR count). The van der Waals surface area contributed by atoms with E-state index in [0.29, 0.717) is 24.4 Å². The number of hydrogen-bond donors (Lipinski definition) is 1. The number of rotatable bonds is 5. The number of thioether (sulfide) groups is 1. The number of carbonyl (C=O) groups is 2. The lowest BCUT2D eigenvalue weighted by molar-refractivity contribution is -0.122. The highest BCUT2D eigenvalue weighted by Crippen LogP contribution is 2.41. The number of hydrogen-bond acceptors (Lipinski definition) is 3. The molecule has 2 aliphatic rings. The molecule has 0 bridgehead atoms. The van der Waals surface area contributed by atoms with Crippen LogP contribution in [0.1, 0.15) is 64.9 Å². The lowest BCUT2D eigenvalue weighted by Gasteiger charge is -2.25. The van der Waals surface area contributed by atoms with Crippen LogP contribution in [-0.4, -0.2) is 17.5 Å². The summed E-state index contributed by atoms with van der Waals surface area (Å²) in [5.74, 6) is 0.441. The SMILES string of the molecule is CC1=CC(C)c2ccc(Br)cc2S1.CCCC1(CCC)NC(=O)N(c2ccccc2)C1=O. The van der Waals surface area contributed by atoms with Crippen LogP contribution in [0.15, 0.2) is 68.9 Å². The van der Waals surface area contributed by atoms with Crippen LogP contribution in [0.25, 0.3) is 0 Å². The van der Waals surface area contributed by atoms with Crippen LogP contribution >= 0.6 is 27.7 Å². The molecule has 1 atom stereocenters. The Morgan fingerprint density at radius 2 is 1.72 bits per heavy atom. The van der Waals surface area contributed by atoms with E-state index >= 15 is 0 Å². The van der Waals surface area contributed by atoms with Gasteiger partial charge in [-0.3, -0.25) is 4.79 Å². The molecular weight excluding hydrogens is 484 g/mol. The first-order valence-electron chi connectivity index (χ1n) is 11.2. The first-order chi connectivity index (χ1) is 15.3. The van der Waals surface area contributed by atoms with Gasteiger partial charge in [0.15, 0.2) is 0 Å². The monoisotopic (exact) mass is 514 g/mol. The Morgan fingerprint density at radius 1 is 1.06 bits per heavy atom. The normalized spacial score (nSPS) is 19.0. The minimum absolute atomic E-state index is 0.118. The first kappa shape index (κ1) is 24.6. The number of benzene rings is 2. The van der Waals surface area contributed by atoms with Crippen molar-refractivity contribution in [3.63, 3.8) is 0 Å². The average Bonchev–Trinajstić information content (AvgIpc) is 2.98. The standard InChI is InChI=1S/C15H20N2O2.C11H11BrS/c1-3-10-15(11-4-2)13(18)17(14(19)16-15)12-8-6-5-7-9-12;1-7-5-8(2)13-11-6-9(12)3-4-10(7)11/h5-9H,3-4,10-11H2,1-2H3,(H,16,19);3-7H,1-2H3. The van der Waals surface area contributed by atoms with Crippen LogP contribution in [0, 0.1) is 0 Å². The van der Waals surface area contributed by atoms with E-state index in [0.717, 1.165) is 12.8 Å². The fraction of sp³-hybridized carbons (Fsp3) is 0.385. The molecule has 32 heavy (non-hydrogen) atoms. The second-order valence-electron chi connectivity index (χ2n) is 8.34. The molecule has 1 N–H and O–H groups in total. The third-order valence-corrected chi connectivity index (χ3v) is 7.28. The van der Waals surface area contributed by atoms with Crippen molar-refractivity contribution >= 4 is 45.3 Å². The molecule has 170 valence electrons. The van der Waals surface area contributed by atoms with Crippen molar-refractivity contribution in [2.75, 3.05) is 4.90 Å². The number of nitrogens with one attached hydrogen (secondary N) is 1. The van der Waals surface area contributed by atoms with Gasteiger partial charge in [0, 0.05) is 15.3 Å². The highest BCUT2D eigenvalue weighted by molar-refractivity contribution is 9.10. The number of halogens is 1. The summed E-state index contributed by atoms with van der Waals surface area (Å²) in [6, 6.07) is 15.3. The highest BCUT2D eigenvalue weighted by Gasteiger charge is 2.50. The topological polar surface area (TPSA) is 49.4 Å². The molecule has 2 aliphatic heterocycles. The van der Waals surface area contributed by atoms with Gasteiger partial charge in [-0.2, -0.15) is 0 Å². The van der Waals surface area contributed by atoms with Gasteiger partial charge in [-0.05, 0) is 54.5 Å². The largest absolute Gasteiger partial charge is 0.329 e. The number of imide groups is 1. The molecule has 0 spiro atoms. The van der Waals surface area contributed by atoms with Gasteiger partial charge < -0.3 is 5.32 Å². The molecule has 0 radical (unpaired) electrons. The number of allylic oxidation sites excluding steroid dienone is 2. The van der Waals surface area contributed by atoms with E-state index < -0.39 is 5.54 Å². The van der Waals surface area contributed by atoms with Crippen molar-refractivity contribution in [2.24, 2.45) is 0 Å². The summed E-state index contributed by atoms with van der Waals surface area (Å²) in [7, 11) is 0. The highest BCUT2D eigenvalue weighted by atomic mass is 79.9. The van der Waals surface area contributed by atoms with E-state index in [4.69, 9.17) is 0 Å². The minimum atomic E-state index is -0.712. The van der Waals surface area contributed by atoms with Crippen LogP contribution in [0.3, 0.4) is 0 Å². The zero-order valence-electron chi connectivity index (χ0n) is 19.2. The van der Waals surface area contributed by atoms with Gasteiger partial charge in [0.1, 0.15) is 5.54 Å². The third kappa shape index (κ3) is 5.29. The Labute approximate surface area is 204 Å². The molecule has 2 aromatic carbocycles. The van der Waals surface area contributed by atoms with Gasteiger partial charge in [-0.25, -0.2) is 9.69 Å². The summed E-state index contributed by atoms with van der Waals surface area (Å²) in [4.78, 5) is 28.9.